The Hall–Kier alpha value is -0.540. The number of benzene rings is 1. The quantitative estimate of drug-likeness (QED) is 0.122. The standard InChI is InChI=1S/C17H18N2O6.CH3O5P.3Na/c1-9-13(16(20)24-3)15(14(10(2)18-9)17(21)25-4)11-7-5-6-8-12(11)19(22)23;2-1(3)7(4,5)6;;;/h5-8,15,18H,1-4H3;(H,2,3)(H2,4,5,6);;;/q;;3*+1/p-3. The van der Waals surface area contributed by atoms with E-state index in [1.54, 1.807) is 19.9 Å². The summed E-state index contributed by atoms with van der Waals surface area (Å²) in [5.41, 5.74) is -1.37. The Morgan fingerprint density at radius 2 is 1.31 bits per heavy atom. The number of methoxy groups -OCH3 is 2. The first-order valence-electron chi connectivity index (χ1n) is 8.59. The van der Waals surface area contributed by atoms with Crippen LogP contribution in [-0.4, -0.2) is 36.8 Å². The fourth-order valence-corrected chi connectivity index (χ4v) is 2.96. The maximum absolute atomic E-state index is 12.3. The number of nitro groups is 1. The topological polar surface area (TPSA) is 211 Å². The van der Waals surface area contributed by atoms with Gasteiger partial charge in [0.05, 0.1) is 41.9 Å². The number of nitro benzene ring substituents is 1. The van der Waals surface area contributed by atoms with Crippen LogP contribution >= 0.6 is 7.60 Å². The molecule has 35 heavy (non-hydrogen) atoms. The maximum Gasteiger partial charge on any atom is 1.00 e. The number of carbonyl (C=O) groups excluding carboxylic acids is 3. The smallest absolute Gasteiger partial charge is 0.807 e. The number of rotatable bonds is 5. The molecule has 0 aromatic heterocycles. The van der Waals surface area contributed by atoms with E-state index in [9.17, 15) is 19.7 Å². The minimum Gasteiger partial charge on any atom is -0.807 e. The minimum atomic E-state index is -5.43. The van der Waals surface area contributed by atoms with Gasteiger partial charge in [0, 0.05) is 23.0 Å². The number of carboxylic acid groups (broad SMARTS) is 1. The zero-order chi connectivity index (χ0) is 24.8. The van der Waals surface area contributed by atoms with Crippen LogP contribution in [0.3, 0.4) is 0 Å². The molecule has 0 atom stereocenters. The SMILES string of the molecule is COC(=O)C1=C(C)NC(C)=C(C(=O)OC)C1c1ccccc1[N+](=O)[O-].O=C([O-])P(=O)([O-])[O-].[Na+].[Na+].[Na+]. The summed E-state index contributed by atoms with van der Waals surface area (Å²) in [4.78, 5) is 62.9. The van der Waals surface area contributed by atoms with Gasteiger partial charge < -0.3 is 39.0 Å². The zero-order valence-electron chi connectivity index (χ0n) is 20.3. The molecule has 0 saturated carbocycles. The Balaban J connectivity index is -0.000000901. The molecule has 2 rings (SSSR count). The first-order chi connectivity index (χ1) is 14.8. The van der Waals surface area contributed by atoms with Gasteiger partial charge in [0.2, 0.25) is 0 Å². The summed E-state index contributed by atoms with van der Waals surface area (Å²) in [6.45, 7) is 3.29. The van der Waals surface area contributed by atoms with Gasteiger partial charge in [-0.2, -0.15) is 0 Å². The molecule has 0 fully saturated rings. The molecule has 0 radical (unpaired) electrons. The third-order valence-corrected chi connectivity index (χ3v) is 4.69. The van der Waals surface area contributed by atoms with Crippen LogP contribution < -0.4 is 109 Å². The summed E-state index contributed by atoms with van der Waals surface area (Å²) in [5, 5.41) is 23.4. The predicted octanol–water partition coefficient (Wildman–Crippen LogP) is -9.57. The van der Waals surface area contributed by atoms with Crippen molar-refractivity contribution in [2.75, 3.05) is 14.2 Å². The van der Waals surface area contributed by atoms with E-state index in [-0.39, 0.29) is 111 Å². The van der Waals surface area contributed by atoms with Gasteiger partial charge in [-0.25, -0.2) is 9.59 Å². The van der Waals surface area contributed by atoms with Gasteiger partial charge >= 0.3 is 101 Å². The zero-order valence-corrected chi connectivity index (χ0v) is 27.2. The number of esters is 2. The molecule has 174 valence electrons. The molecule has 0 spiro atoms. The van der Waals surface area contributed by atoms with E-state index in [0.29, 0.717) is 11.4 Å². The van der Waals surface area contributed by atoms with E-state index in [4.69, 9.17) is 33.7 Å². The van der Waals surface area contributed by atoms with E-state index < -0.39 is 36.1 Å². The molecule has 0 saturated heterocycles. The molecule has 17 heteroatoms. The van der Waals surface area contributed by atoms with Crippen molar-refractivity contribution in [1.82, 2.24) is 5.32 Å². The summed E-state index contributed by atoms with van der Waals surface area (Å²) in [5.74, 6) is -2.33. The Bertz CT molecular complexity index is 1030. The Morgan fingerprint density at radius 3 is 1.63 bits per heavy atom. The van der Waals surface area contributed by atoms with E-state index in [1.807, 2.05) is 0 Å². The Morgan fingerprint density at radius 1 is 0.943 bits per heavy atom. The van der Waals surface area contributed by atoms with Gasteiger partial charge in [-0.15, -0.1) is 0 Å². The summed E-state index contributed by atoms with van der Waals surface area (Å²) in [6, 6.07) is 5.97. The van der Waals surface area contributed by atoms with E-state index in [0.717, 1.165) is 0 Å². The van der Waals surface area contributed by atoms with E-state index >= 15 is 0 Å². The number of hydrogen-bond donors (Lipinski definition) is 1. The average molecular weight is 538 g/mol. The van der Waals surface area contributed by atoms with Crippen LogP contribution in [0.5, 0.6) is 0 Å². The van der Waals surface area contributed by atoms with Gasteiger partial charge in [0.25, 0.3) is 5.69 Å². The Kier molecular flexibility index (Phi) is 19.0. The number of allylic oxidation sites excluding steroid dienone is 2. The molecule has 1 N–H and O–H groups in total. The fourth-order valence-electron chi connectivity index (χ4n) is 2.96. The number of nitrogens with zero attached hydrogens (tertiary/aromatic N) is 1. The number of nitrogens with one attached hydrogen (secondary N) is 1. The van der Waals surface area contributed by atoms with Gasteiger partial charge in [0.15, 0.2) is 0 Å². The molecule has 1 aliphatic heterocycles. The van der Waals surface area contributed by atoms with E-state index in [2.05, 4.69) is 5.32 Å². The number of carbonyl (C=O) groups is 3. The van der Waals surface area contributed by atoms with E-state index in [1.165, 1.54) is 32.4 Å². The largest absolute Gasteiger partial charge is 1.00 e. The summed E-state index contributed by atoms with van der Waals surface area (Å²) < 4.78 is 18.8. The van der Waals surface area contributed by atoms with Gasteiger partial charge in [-0.05, 0) is 21.4 Å². The summed E-state index contributed by atoms with van der Waals surface area (Å²) in [6.07, 6.45) is 0. The van der Waals surface area contributed by atoms with Gasteiger partial charge in [0.1, 0.15) is 0 Å². The van der Waals surface area contributed by atoms with Crippen molar-refractivity contribution in [3.63, 3.8) is 0 Å². The fraction of sp³-hybridized carbons (Fsp3) is 0.278. The molecule has 0 aliphatic carbocycles. The van der Waals surface area contributed by atoms with Crippen LogP contribution in [0.15, 0.2) is 46.8 Å². The molecular formula is C18H18N2Na3O11P. The van der Waals surface area contributed by atoms with Crippen molar-refractivity contribution in [3.05, 3.63) is 62.5 Å². The van der Waals surface area contributed by atoms with Crippen LogP contribution in [0.4, 0.5) is 10.5 Å². The van der Waals surface area contributed by atoms with Crippen molar-refractivity contribution in [1.29, 1.82) is 0 Å². The third-order valence-electron chi connectivity index (χ3n) is 4.24. The second kappa shape index (κ2) is 17.1. The molecular weight excluding hydrogens is 520 g/mol. The monoisotopic (exact) mass is 538 g/mol. The minimum absolute atomic E-state index is 0. The van der Waals surface area contributed by atoms with Crippen molar-refractivity contribution < 1.29 is 137 Å². The van der Waals surface area contributed by atoms with Crippen LogP contribution in [0.25, 0.3) is 0 Å². The predicted molar refractivity (Wildman–Crippen MR) is 101 cm³/mol. The number of para-hydroxylation sites is 1. The first-order valence-corrected chi connectivity index (χ1v) is 10.1. The van der Waals surface area contributed by atoms with Crippen LogP contribution in [-0.2, 0) is 23.6 Å². The molecule has 13 nitrogen and oxygen atoms in total. The maximum atomic E-state index is 12.3. The van der Waals surface area contributed by atoms with Gasteiger partial charge in [-0.1, -0.05) is 18.2 Å². The Labute approximate surface area is 266 Å². The number of dihydropyridines is 1. The second-order valence-electron chi connectivity index (χ2n) is 6.20. The van der Waals surface area contributed by atoms with Gasteiger partial charge in [-0.3, -0.25) is 10.1 Å². The molecule has 1 heterocycles. The second-order valence-corrected chi connectivity index (χ2v) is 7.56. The molecule has 1 aromatic carbocycles. The van der Waals surface area contributed by atoms with Crippen molar-refractivity contribution in [3.8, 4) is 0 Å². The van der Waals surface area contributed by atoms with Crippen molar-refractivity contribution >= 4 is 30.9 Å². The average Bonchev–Trinajstić information content (AvgIpc) is 2.71. The molecule has 0 unspecified atom stereocenters. The van der Waals surface area contributed by atoms with Crippen molar-refractivity contribution in [2.24, 2.45) is 0 Å². The van der Waals surface area contributed by atoms with Crippen LogP contribution in [0.2, 0.25) is 0 Å². The van der Waals surface area contributed by atoms with Crippen LogP contribution in [0.1, 0.15) is 25.3 Å². The number of hydrogen-bond acceptors (Lipinski definition) is 12. The third kappa shape index (κ3) is 10.4. The normalized spacial score (nSPS) is 12.9. The summed E-state index contributed by atoms with van der Waals surface area (Å²) >= 11 is 0. The molecule has 1 aromatic rings. The number of ether oxygens (including phenoxy) is 2. The molecule has 0 amide bonds. The first kappa shape index (κ1) is 39.0. The van der Waals surface area contributed by atoms with Crippen molar-refractivity contribution in [2.45, 2.75) is 19.8 Å². The van der Waals surface area contributed by atoms with Crippen LogP contribution in [0, 0.1) is 10.1 Å². The molecule has 1 aliphatic rings. The summed E-state index contributed by atoms with van der Waals surface area (Å²) in [7, 11) is -3.01. The molecule has 0 bridgehead atoms.